The van der Waals surface area contributed by atoms with Crippen LogP contribution in [0.3, 0.4) is 0 Å². The van der Waals surface area contributed by atoms with Gasteiger partial charge in [-0.05, 0) is 38.5 Å². The van der Waals surface area contributed by atoms with Gasteiger partial charge < -0.3 is 19.5 Å². The number of amides is 3. The van der Waals surface area contributed by atoms with Crippen molar-refractivity contribution in [2.24, 2.45) is 0 Å². The smallest absolute Gasteiger partial charge is 0.325 e. The second-order valence-electron chi connectivity index (χ2n) is 6.77. The van der Waals surface area contributed by atoms with Gasteiger partial charge in [0.15, 0.2) is 23.9 Å². The summed E-state index contributed by atoms with van der Waals surface area (Å²) in [5.41, 5.74) is -0.581. The Morgan fingerprint density at radius 3 is 2.67 bits per heavy atom. The molecule has 1 N–H and O–H groups in total. The zero-order valence-corrected chi connectivity index (χ0v) is 15.1. The lowest BCUT2D eigenvalue weighted by Crippen LogP contribution is -2.40. The number of hydrogen-bond acceptors (Lipinski definition) is 7. The van der Waals surface area contributed by atoms with Gasteiger partial charge in [-0.3, -0.25) is 19.3 Å². The molecular weight excluding hydrogens is 356 g/mol. The molecule has 0 spiro atoms. The summed E-state index contributed by atoms with van der Waals surface area (Å²) in [6, 6.07) is 4.26. The van der Waals surface area contributed by atoms with Crippen molar-refractivity contribution in [2.45, 2.75) is 32.2 Å². The molecule has 0 bridgehead atoms. The number of fused-ring (bicyclic) bond motifs is 1. The maximum Gasteiger partial charge on any atom is 0.325 e. The molecule has 1 aromatic carbocycles. The van der Waals surface area contributed by atoms with Crippen LogP contribution in [0.5, 0.6) is 11.5 Å². The topological polar surface area (TPSA) is 111 Å². The molecule has 3 amide bonds. The molecule has 9 nitrogen and oxygen atoms in total. The van der Waals surface area contributed by atoms with Crippen LogP contribution in [0.15, 0.2) is 18.2 Å². The first-order chi connectivity index (χ1) is 12.8. The second-order valence-corrected chi connectivity index (χ2v) is 6.77. The number of imide groups is 1. The molecule has 1 saturated heterocycles. The van der Waals surface area contributed by atoms with Gasteiger partial charge in [0, 0.05) is 18.5 Å². The van der Waals surface area contributed by atoms with Crippen LogP contribution in [-0.2, 0) is 14.3 Å². The predicted octanol–water partition coefficient (Wildman–Crippen LogP) is 1.25. The van der Waals surface area contributed by atoms with E-state index in [0.717, 1.165) is 4.90 Å². The molecule has 1 aromatic rings. The molecule has 1 fully saturated rings. The first-order valence-electron chi connectivity index (χ1n) is 8.50. The molecule has 3 rings (SSSR count). The highest BCUT2D eigenvalue weighted by atomic mass is 16.7. The molecule has 2 heterocycles. The van der Waals surface area contributed by atoms with Crippen LogP contribution in [0.4, 0.5) is 4.79 Å². The predicted molar refractivity (Wildman–Crippen MR) is 91.4 cm³/mol. The fourth-order valence-corrected chi connectivity index (χ4v) is 2.77. The van der Waals surface area contributed by atoms with Crippen molar-refractivity contribution in [3.8, 4) is 11.5 Å². The molecule has 2 aliphatic heterocycles. The Hall–Kier alpha value is -3.10. The molecule has 144 valence electrons. The Labute approximate surface area is 155 Å². The summed E-state index contributed by atoms with van der Waals surface area (Å²) in [5, 5.41) is 2.56. The van der Waals surface area contributed by atoms with E-state index < -0.39 is 24.1 Å². The van der Waals surface area contributed by atoms with E-state index in [2.05, 4.69) is 5.32 Å². The van der Waals surface area contributed by atoms with Gasteiger partial charge in [-0.2, -0.15) is 0 Å². The normalized spacial score (nSPS) is 17.0. The molecule has 9 heteroatoms. The van der Waals surface area contributed by atoms with Crippen LogP contribution in [0.1, 0.15) is 37.0 Å². The van der Waals surface area contributed by atoms with Crippen LogP contribution in [0.25, 0.3) is 0 Å². The Bertz CT molecular complexity index is 803. The summed E-state index contributed by atoms with van der Waals surface area (Å²) in [6.07, 6.45) is 0.248. The Morgan fingerprint density at radius 2 is 1.96 bits per heavy atom. The lowest BCUT2D eigenvalue weighted by Gasteiger charge is -2.15. The van der Waals surface area contributed by atoms with Gasteiger partial charge in [-0.25, -0.2) is 4.79 Å². The Kier molecular flexibility index (Phi) is 5.02. The van der Waals surface area contributed by atoms with Crippen molar-refractivity contribution in [3.05, 3.63) is 23.8 Å². The molecule has 0 atom stereocenters. The number of benzene rings is 1. The first-order valence-corrected chi connectivity index (χ1v) is 8.50. The van der Waals surface area contributed by atoms with Gasteiger partial charge in [0.2, 0.25) is 6.79 Å². The molecule has 0 aliphatic carbocycles. The van der Waals surface area contributed by atoms with Gasteiger partial charge in [0.1, 0.15) is 5.54 Å². The third kappa shape index (κ3) is 4.02. The standard InChI is InChI=1S/C18H20N2O7/c1-18(2)16(23)20(17(24)19-18)7-3-4-15(22)25-9-12(21)11-5-6-13-14(8-11)27-10-26-13/h5-6,8H,3-4,7,9-10H2,1-2H3,(H,19,24). The summed E-state index contributed by atoms with van der Waals surface area (Å²) < 4.78 is 15.3. The Balaban J connectivity index is 1.42. The minimum atomic E-state index is -0.936. The van der Waals surface area contributed by atoms with Crippen molar-refractivity contribution in [3.63, 3.8) is 0 Å². The van der Waals surface area contributed by atoms with Crippen molar-refractivity contribution < 1.29 is 33.4 Å². The molecule has 0 aromatic heterocycles. The van der Waals surface area contributed by atoms with Gasteiger partial charge in [0.05, 0.1) is 0 Å². The maximum absolute atomic E-state index is 12.1. The first kappa shape index (κ1) is 18.7. The molecule has 0 unspecified atom stereocenters. The average molecular weight is 376 g/mol. The summed E-state index contributed by atoms with van der Waals surface area (Å²) >= 11 is 0. The number of nitrogens with one attached hydrogen (secondary N) is 1. The highest BCUT2D eigenvalue weighted by molar-refractivity contribution is 6.06. The van der Waals surface area contributed by atoms with Crippen molar-refractivity contribution in [1.29, 1.82) is 0 Å². The molecular formula is C18H20N2O7. The third-order valence-corrected chi connectivity index (χ3v) is 4.27. The van der Waals surface area contributed by atoms with E-state index in [1.54, 1.807) is 26.0 Å². The summed E-state index contributed by atoms with van der Waals surface area (Å²) in [6.45, 7) is 3.05. The van der Waals surface area contributed by atoms with E-state index in [1.165, 1.54) is 6.07 Å². The largest absolute Gasteiger partial charge is 0.457 e. The zero-order chi connectivity index (χ0) is 19.6. The number of esters is 1. The van der Waals surface area contributed by atoms with E-state index >= 15 is 0 Å². The van der Waals surface area contributed by atoms with Gasteiger partial charge >= 0.3 is 12.0 Å². The van der Waals surface area contributed by atoms with E-state index in [4.69, 9.17) is 14.2 Å². The number of nitrogens with zero attached hydrogens (tertiary/aromatic N) is 1. The molecule has 0 saturated carbocycles. The monoisotopic (exact) mass is 376 g/mol. The lowest BCUT2D eigenvalue weighted by atomic mass is 10.1. The molecule has 27 heavy (non-hydrogen) atoms. The number of carbonyl (C=O) groups is 4. The summed E-state index contributed by atoms with van der Waals surface area (Å²) in [5.74, 6) is -0.234. The van der Waals surface area contributed by atoms with Gasteiger partial charge in [-0.1, -0.05) is 0 Å². The van der Waals surface area contributed by atoms with E-state index in [-0.39, 0.29) is 37.9 Å². The molecule has 2 aliphatic rings. The fraction of sp³-hybridized carbons (Fsp3) is 0.444. The van der Waals surface area contributed by atoms with Crippen LogP contribution in [-0.4, -0.2) is 54.1 Å². The molecule has 0 radical (unpaired) electrons. The number of ether oxygens (including phenoxy) is 3. The van der Waals surface area contributed by atoms with Crippen LogP contribution in [0, 0.1) is 0 Å². The number of hydrogen-bond donors (Lipinski definition) is 1. The summed E-state index contributed by atoms with van der Waals surface area (Å²) in [4.78, 5) is 48.8. The van der Waals surface area contributed by atoms with Crippen molar-refractivity contribution in [2.75, 3.05) is 19.9 Å². The number of ketones is 1. The van der Waals surface area contributed by atoms with E-state index in [9.17, 15) is 19.2 Å². The fourth-order valence-electron chi connectivity index (χ4n) is 2.77. The van der Waals surface area contributed by atoms with Gasteiger partial charge in [0.25, 0.3) is 5.91 Å². The zero-order valence-electron chi connectivity index (χ0n) is 15.1. The average Bonchev–Trinajstić information content (AvgIpc) is 3.16. The highest BCUT2D eigenvalue weighted by Gasteiger charge is 2.43. The minimum absolute atomic E-state index is 0.00803. The SMILES string of the molecule is CC1(C)NC(=O)N(CCCC(=O)OCC(=O)c2ccc3c(c2)OCO3)C1=O. The number of rotatable bonds is 7. The van der Waals surface area contributed by atoms with Crippen molar-refractivity contribution >= 4 is 23.7 Å². The van der Waals surface area contributed by atoms with E-state index in [0.29, 0.717) is 17.1 Å². The van der Waals surface area contributed by atoms with Crippen LogP contribution in [0.2, 0.25) is 0 Å². The quantitative estimate of drug-likeness (QED) is 0.433. The maximum atomic E-state index is 12.1. The Morgan fingerprint density at radius 1 is 1.22 bits per heavy atom. The lowest BCUT2D eigenvalue weighted by molar-refractivity contribution is -0.143. The number of urea groups is 1. The third-order valence-electron chi connectivity index (χ3n) is 4.27. The number of Topliss-reactive ketones (excluding diaryl/α,β-unsaturated/α-hetero) is 1. The number of carbonyl (C=O) groups excluding carboxylic acids is 4. The van der Waals surface area contributed by atoms with Crippen molar-refractivity contribution in [1.82, 2.24) is 10.2 Å². The van der Waals surface area contributed by atoms with Crippen LogP contribution >= 0.6 is 0 Å². The minimum Gasteiger partial charge on any atom is -0.457 e. The van der Waals surface area contributed by atoms with Crippen LogP contribution < -0.4 is 14.8 Å². The van der Waals surface area contributed by atoms with E-state index in [1.807, 2.05) is 0 Å². The van der Waals surface area contributed by atoms with Gasteiger partial charge in [-0.15, -0.1) is 0 Å². The highest BCUT2D eigenvalue weighted by Crippen LogP contribution is 2.32. The second kappa shape index (κ2) is 7.26. The summed E-state index contributed by atoms with van der Waals surface area (Å²) in [7, 11) is 0.